The number of allylic oxidation sites excluding steroid dienone is 5. The molecule has 0 rings (SSSR count). The van der Waals surface area contributed by atoms with Crippen LogP contribution in [0.2, 0.25) is 0 Å². The van der Waals surface area contributed by atoms with Gasteiger partial charge in [0.25, 0.3) is 0 Å². The first-order valence-electron chi connectivity index (χ1n) is 2.74. The summed E-state index contributed by atoms with van der Waals surface area (Å²) >= 11 is 0. The molecule has 0 radical (unpaired) electrons. The quantitative estimate of drug-likeness (QED) is 0.317. The Morgan fingerprint density at radius 3 is 2.56 bits per heavy atom. The molecule has 0 N–H and O–H groups in total. The molecule has 0 aromatic carbocycles. The van der Waals surface area contributed by atoms with E-state index in [0.29, 0.717) is 5.57 Å². The van der Waals surface area contributed by atoms with Crippen LogP contribution in [-0.2, 0) is 4.79 Å². The van der Waals surface area contributed by atoms with Crippen molar-refractivity contribution < 1.29 is 4.79 Å². The Balaban J connectivity index is 3.70. The lowest BCUT2D eigenvalue weighted by molar-refractivity contribution is -0.104. The minimum absolute atomic E-state index is 0.494. The Bertz CT molecular complexity index is 152. The number of carbonyl (C=O) groups excluding carboxylic acids is 1. The lowest BCUT2D eigenvalue weighted by atomic mass is 10.3. The second-order valence-electron chi connectivity index (χ2n) is 1.58. The van der Waals surface area contributed by atoms with E-state index >= 15 is 0 Å². The van der Waals surface area contributed by atoms with Gasteiger partial charge in [0.05, 0.1) is 0 Å². The SMILES string of the molecule is C=C(C=O)C=C/C=C\C. The minimum atomic E-state index is 0.494. The van der Waals surface area contributed by atoms with E-state index in [1.165, 1.54) is 0 Å². The van der Waals surface area contributed by atoms with Gasteiger partial charge in [-0.25, -0.2) is 0 Å². The van der Waals surface area contributed by atoms with Crippen LogP contribution < -0.4 is 0 Å². The molecule has 0 aliphatic rings. The highest BCUT2D eigenvalue weighted by Gasteiger charge is 1.76. The van der Waals surface area contributed by atoms with Gasteiger partial charge in [-0.2, -0.15) is 0 Å². The van der Waals surface area contributed by atoms with Crippen molar-refractivity contribution in [1.29, 1.82) is 0 Å². The summed E-state index contributed by atoms with van der Waals surface area (Å²) in [7, 11) is 0. The monoisotopic (exact) mass is 122 g/mol. The summed E-state index contributed by atoms with van der Waals surface area (Å²) < 4.78 is 0. The predicted molar refractivity (Wildman–Crippen MR) is 39.2 cm³/mol. The van der Waals surface area contributed by atoms with Crippen LogP contribution in [0.25, 0.3) is 0 Å². The third-order valence-corrected chi connectivity index (χ3v) is 0.765. The van der Waals surface area contributed by atoms with Crippen LogP contribution in [0.1, 0.15) is 6.92 Å². The number of rotatable bonds is 3. The third-order valence-electron chi connectivity index (χ3n) is 0.765. The Kier molecular flexibility index (Phi) is 4.41. The average Bonchev–Trinajstić information content (AvgIpc) is 1.89. The molecule has 0 saturated carbocycles. The Labute approximate surface area is 55.4 Å². The Hall–Kier alpha value is -1.11. The number of aldehydes is 1. The van der Waals surface area contributed by atoms with Crippen molar-refractivity contribution in [3.05, 3.63) is 36.5 Å². The zero-order valence-corrected chi connectivity index (χ0v) is 5.50. The second kappa shape index (κ2) is 5.04. The van der Waals surface area contributed by atoms with Gasteiger partial charge in [0, 0.05) is 5.57 Å². The van der Waals surface area contributed by atoms with E-state index < -0.39 is 0 Å². The lowest BCUT2D eigenvalue weighted by Gasteiger charge is -1.77. The van der Waals surface area contributed by atoms with Gasteiger partial charge in [-0.3, -0.25) is 4.79 Å². The molecule has 0 spiro atoms. The molecular weight excluding hydrogens is 112 g/mol. The highest BCUT2D eigenvalue weighted by molar-refractivity contribution is 5.76. The second-order valence-corrected chi connectivity index (χ2v) is 1.58. The summed E-state index contributed by atoms with van der Waals surface area (Å²) in [5.74, 6) is 0. The molecule has 0 saturated heterocycles. The maximum atomic E-state index is 9.92. The maximum absolute atomic E-state index is 9.92. The molecule has 0 amide bonds. The summed E-state index contributed by atoms with van der Waals surface area (Å²) in [6.45, 7) is 5.37. The largest absolute Gasteiger partial charge is 0.298 e. The fourth-order valence-electron chi connectivity index (χ4n) is 0.330. The van der Waals surface area contributed by atoms with E-state index in [2.05, 4.69) is 6.58 Å². The van der Waals surface area contributed by atoms with Crippen LogP contribution >= 0.6 is 0 Å². The molecule has 0 fully saturated rings. The standard InChI is InChI=1S/C8H10O/c1-3-4-5-6-8(2)7-9/h3-7H,2H2,1H3/b4-3-,6-5?. The molecule has 0 bridgehead atoms. The smallest absolute Gasteiger partial charge is 0.149 e. The van der Waals surface area contributed by atoms with Crippen molar-refractivity contribution >= 4 is 6.29 Å². The van der Waals surface area contributed by atoms with Crippen molar-refractivity contribution in [3.63, 3.8) is 0 Å². The molecule has 1 nitrogen and oxygen atoms in total. The number of hydrogen-bond donors (Lipinski definition) is 0. The summed E-state index contributed by atoms with van der Waals surface area (Å²) in [4.78, 5) is 9.92. The van der Waals surface area contributed by atoms with Crippen LogP contribution in [0.5, 0.6) is 0 Å². The molecule has 0 atom stereocenters. The lowest BCUT2D eigenvalue weighted by Crippen LogP contribution is -1.71. The molecule has 48 valence electrons. The summed E-state index contributed by atoms with van der Waals surface area (Å²) in [6, 6.07) is 0. The van der Waals surface area contributed by atoms with Crippen LogP contribution in [-0.4, -0.2) is 6.29 Å². The Morgan fingerprint density at radius 1 is 1.44 bits per heavy atom. The zero-order chi connectivity index (χ0) is 7.11. The van der Waals surface area contributed by atoms with Gasteiger partial charge >= 0.3 is 0 Å². The zero-order valence-electron chi connectivity index (χ0n) is 5.50. The van der Waals surface area contributed by atoms with E-state index in [9.17, 15) is 4.79 Å². The van der Waals surface area contributed by atoms with Crippen molar-refractivity contribution in [2.45, 2.75) is 6.92 Å². The van der Waals surface area contributed by atoms with E-state index in [4.69, 9.17) is 0 Å². The summed E-state index contributed by atoms with van der Waals surface area (Å²) in [6.07, 6.45) is 7.88. The maximum Gasteiger partial charge on any atom is 0.149 e. The third kappa shape index (κ3) is 4.75. The van der Waals surface area contributed by atoms with Crippen molar-refractivity contribution in [2.24, 2.45) is 0 Å². The van der Waals surface area contributed by atoms with Crippen molar-refractivity contribution in [2.75, 3.05) is 0 Å². The van der Waals surface area contributed by atoms with Crippen molar-refractivity contribution in [3.8, 4) is 0 Å². The highest BCUT2D eigenvalue weighted by atomic mass is 16.1. The Morgan fingerprint density at radius 2 is 2.11 bits per heavy atom. The molecule has 0 aliphatic heterocycles. The number of carbonyl (C=O) groups is 1. The normalized spacial score (nSPS) is 10.8. The van der Waals surface area contributed by atoms with Gasteiger partial charge in [-0.05, 0) is 6.92 Å². The van der Waals surface area contributed by atoms with Crippen molar-refractivity contribution in [1.82, 2.24) is 0 Å². The van der Waals surface area contributed by atoms with Crippen LogP contribution in [0.15, 0.2) is 36.5 Å². The van der Waals surface area contributed by atoms with Gasteiger partial charge < -0.3 is 0 Å². The average molecular weight is 122 g/mol. The molecule has 1 heteroatoms. The number of hydrogen-bond acceptors (Lipinski definition) is 1. The van der Waals surface area contributed by atoms with E-state index in [-0.39, 0.29) is 0 Å². The van der Waals surface area contributed by atoms with Gasteiger partial charge in [0.15, 0.2) is 0 Å². The molecule has 0 unspecified atom stereocenters. The van der Waals surface area contributed by atoms with Crippen LogP contribution in [0, 0.1) is 0 Å². The first kappa shape index (κ1) is 7.89. The van der Waals surface area contributed by atoms with Gasteiger partial charge in [0.1, 0.15) is 6.29 Å². The first-order chi connectivity index (χ1) is 4.31. The minimum Gasteiger partial charge on any atom is -0.298 e. The fourth-order valence-corrected chi connectivity index (χ4v) is 0.330. The van der Waals surface area contributed by atoms with Crippen LogP contribution in [0.4, 0.5) is 0 Å². The topological polar surface area (TPSA) is 17.1 Å². The van der Waals surface area contributed by atoms with Gasteiger partial charge in [-0.15, -0.1) is 0 Å². The van der Waals surface area contributed by atoms with Crippen LogP contribution in [0.3, 0.4) is 0 Å². The molecule has 0 aromatic heterocycles. The molecule has 9 heavy (non-hydrogen) atoms. The van der Waals surface area contributed by atoms with E-state index in [1.54, 1.807) is 12.2 Å². The molecule has 0 heterocycles. The van der Waals surface area contributed by atoms with Gasteiger partial charge in [0.2, 0.25) is 0 Å². The summed E-state index contributed by atoms with van der Waals surface area (Å²) in [5, 5.41) is 0. The van der Waals surface area contributed by atoms with E-state index in [0.717, 1.165) is 6.29 Å². The molecule has 0 aromatic rings. The fraction of sp³-hybridized carbons (Fsp3) is 0.125. The first-order valence-corrected chi connectivity index (χ1v) is 2.74. The van der Waals surface area contributed by atoms with E-state index in [1.807, 2.05) is 19.1 Å². The summed E-state index contributed by atoms with van der Waals surface area (Å²) in [5.41, 5.74) is 0.494. The molecular formula is C8H10O. The molecule has 0 aliphatic carbocycles. The van der Waals surface area contributed by atoms with Gasteiger partial charge in [-0.1, -0.05) is 30.9 Å². The predicted octanol–water partition coefficient (Wildman–Crippen LogP) is 1.87. The highest BCUT2D eigenvalue weighted by Crippen LogP contribution is 1.86.